The van der Waals surface area contributed by atoms with E-state index in [2.05, 4.69) is 4.72 Å². The molecule has 0 unspecified atom stereocenters. The molecule has 33 heavy (non-hydrogen) atoms. The number of para-hydroxylation sites is 1. The lowest BCUT2D eigenvalue weighted by molar-refractivity contribution is 0.0423. The first-order valence-electron chi connectivity index (χ1n) is 10.1. The van der Waals surface area contributed by atoms with Gasteiger partial charge in [-0.2, -0.15) is 0 Å². The minimum Gasteiger partial charge on any atom is -0.494 e. The third-order valence-corrected chi connectivity index (χ3v) is 5.79. The van der Waals surface area contributed by atoms with Crippen molar-refractivity contribution in [3.63, 3.8) is 0 Å². The maximum atomic E-state index is 12.8. The summed E-state index contributed by atoms with van der Waals surface area (Å²) in [6.07, 6.45) is 1.29. The van der Waals surface area contributed by atoms with Gasteiger partial charge in [0.05, 0.1) is 35.6 Å². The second kappa shape index (κ2) is 10.7. The zero-order valence-corrected chi connectivity index (χ0v) is 18.9. The maximum Gasteiger partial charge on any atom is 0.341 e. The molecule has 0 atom stereocenters. The molecule has 9 nitrogen and oxygen atoms in total. The van der Waals surface area contributed by atoms with E-state index in [9.17, 15) is 18.0 Å². The highest BCUT2D eigenvalue weighted by Crippen LogP contribution is 2.23. The van der Waals surface area contributed by atoms with Crippen LogP contribution in [0.1, 0.15) is 40.3 Å². The number of ether oxygens (including phenoxy) is 3. The van der Waals surface area contributed by atoms with Gasteiger partial charge < -0.3 is 18.6 Å². The SMILES string of the molecule is CCOC(=O)c1ccoc1COC(=O)c1ccccc1NS(=O)(=O)c1ccc(OCC)cc1. The van der Waals surface area contributed by atoms with Crippen molar-refractivity contribution in [1.29, 1.82) is 0 Å². The molecule has 0 fully saturated rings. The third-order valence-electron chi connectivity index (χ3n) is 4.41. The van der Waals surface area contributed by atoms with Crippen molar-refractivity contribution in [2.45, 2.75) is 25.3 Å². The molecule has 0 aliphatic carbocycles. The van der Waals surface area contributed by atoms with Crippen LogP contribution in [0.25, 0.3) is 0 Å². The van der Waals surface area contributed by atoms with Crippen LogP contribution in [0.15, 0.2) is 70.2 Å². The van der Waals surface area contributed by atoms with Crippen LogP contribution >= 0.6 is 0 Å². The van der Waals surface area contributed by atoms with Gasteiger partial charge in [-0.15, -0.1) is 0 Å². The number of benzene rings is 2. The minimum absolute atomic E-state index is 0.00347. The predicted octanol–water partition coefficient (Wildman–Crippen LogP) is 4.01. The van der Waals surface area contributed by atoms with Gasteiger partial charge in [-0.25, -0.2) is 18.0 Å². The summed E-state index contributed by atoms with van der Waals surface area (Å²) in [7, 11) is -3.98. The van der Waals surface area contributed by atoms with Crippen LogP contribution in [0.5, 0.6) is 5.75 Å². The highest BCUT2D eigenvalue weighted by atomic mass is 32.2. The molecular weight excluding hydrogens is 450 g/mol. The molecule has 0 saturated carbocycles. The van der Waals surface area contributed by atoms with Gasteiger partial charge in [0.15, 0.2) is 12.4 Å². The van der Waals surface area contributed by atoms with Gasteiger partial charge >= 0.3 is 11.9 Å². The van der Waals surface area contributed by atoms with Crippen LogP contribution in [0.2, 0.25) is 0 Å². The zero-order chi connectivity index (χ0) is 23.8. The first kappa shape index (κ1) is 23.9. The smallest absolute Gasteiger partial charge is 0.341 e. The van der Waals surface area contributed by atoms with Crippen molar-refractivity contribution in [2.24, 2.45) is 0 Å². The van der Waals surface area contributed by atoms with E-state index in [0.717, 1.165) is 0 Å². The Balaban J connectivity index is 1.74. The van der Waals surface area contributed by atoms with Crippen LogP contribution < -0.4 is 9.46 Å². The fourth-order valence-corrected chi connectivity index (χ4v) is 3.97. The molecule has 1 N–H and O–H groups in total. The lowest BCUT2D eigenvalue weighted by atomic mass is 10.2. The zero-order valence-electron chi connectivity index (χ0n) is 18.1. The highest BCUT2D eigenvalue weighted by Gasteiger charge is 2.21. The van der Waals surface area contributed by atoms with Crippen molar-refractivity contribution < 1.29 is 36.6 Å². The van der Waals surface area contributed by atoms with Crippen molar-refractivity contribution in [2.75, 3.05) is 17.9 Å². The first-order valence-corrected chi connectivity index (χ1v) is 11.6. The molecule has 3 aromatic rings. The van der Waals surface area contributed by atoms with Crippen LogP contribution in [-0.2, 0) is 26.1 Å². The number of furan rings is 1. The minimum atomic E-state index is -3.98. The van der Waals surface area contributed by atoms with E-state index in [1.165, 1.54) is 36.6 Å². The molecule has 0 aliphatic heterocycles. The summed E-state index contributed by atoms with van der Waals surface area (Å²) < 4.78 is 48.7. The number of carbonyl (C=O) groups excluding carboxylic acids is 2. The van der Waals surface area contributed by atoms with E-state index in [1.54, 1.807) is 31.2 Å². The van der Waals surface area contributed by atoms with Crippen LogP contribution in [0, 0.1) is 0 Å². The molecule has 0 bridgehead atoms. The number of esters is 2. The third kappa shape index (κ3) is 5.92. The molecular formula is C23H23NO8S. The topological polar surface area (TPSA) is 121 Å². The molecule has 2 aromatic carbocycles. The van der Waals surface area contributed by atoms with Crippen molar-refractivity contribution >= 4 is 27.6 Å². The summed E-state index contributed by atoms with van der Waals surface area (Å²) in [5, 5.41) is 0. The largest absolute Gasteiger partial charge is 0.494 e. The average molecular weight is 474 g/mol. The molecule has 3 rings (SSSR count). The number of carbonyl (C=O) groups is 2. The van der Waals surface area contributed by atoms with Gasteiger partial charge in [0, 0.05) is 0 Å². The Morgan fingerprint density at radius 1 is 0.879 bits per heavy atom. The lowest BCUT2D eigenvalue weighted by Crippen LogP contribution is -2.16. The fraction of sp³-hybridized carbons (Fsp3) is 0.217. The van der Waals surface area contributed by atoms with E-state index < -0.39 is 22.0 Å². The van der Waals surface area contributed by atoms with Crippen molar-refractivity contribution in [3.8, 4) is 5.75 Å². The van der Waals surface area contributed by atoms with Crippen LogP contribution in [-0.4, -0.2) is 33.6 Å². The summed E-state index contributed by atoms with van der Waals surface area (Å²) in [5.74, 6) is -0.734. The number of anilines is 1. The molecule has 0 aliphatic rings. The lowest BCUT2D eigenvalue weighted by Gasteiger charge is -2.13. The Kier molecular flexibility index (Phi) is 7.73. The molecule has 1 aromatic heterocycles. The predicted molar refractivity (Wildman–Crippen MR) is 119 cm³/mol. The normalized spacial score (nSPS) is 11.0. The first-order chi connectivity index (χ1) is 15.9. The Labute approximate surface area is 191 Å². The summed E-state index contributed by atoms with van der Waals surface area (Å²) in [4.78, 5) is 24.6. The van der Waals surface area contributed by atoms with E-state index in [1.807, 2.05) is 6.92 Å². The second-order valence-corrected chi connectivity index (χ2v) is 8.29. The van der Waals surface area contributed by atoms with E-state index >= 15 is 0 Å². The van der Waals surface area contributed by atoms with Crippen LogP contribution in [0.3, 0.4) is 0 Å². The van der Waals surface area contributed by atoms with Gasteiger partial charge in [0.1, 0.15) is 11.3 Å². The second-order valence-electron chi connectivity index (χ2n) is 6.61. The molecule has 0 spiro atoms. The number of nitrogens with one attached hydrogen (secondary N) is 1. The van der Waals surface area contributed by atoms with Crippen LogP contribution in [0.4, 0.5) is 5.69 Å². The maximum absolute atomic E-state index is 12.8. The van der Waals surface area contributed by atoms with Crippen molar-refractivity contribution in [1.82, 2.24) is 0 Å². The number of hydrogen-bond acceptors (Lipinski definition) is 8. The molecule has 1 heterocycles. The van der Waals surface area contributed by atoms with E-state index in [-0.39, 0.29) is 40.7 Å². The number of rotatable bonds is 10. The standard InChI is InChI=1S/C23H23NO8S/c1-3-29-16-9-11-17(12-10-16)33(27,28)24-20-8-6-5-7-18(20)22(25)32-15-21-19(13-14-31-21)23(26)30-4-2/h5-14,24H,3-4,15H2,1-2H3. The van der Waals surface area contributed by atoms with E-state index in [0.29, 0.717) is 12.4 Å². The summed E-state index contributed by atoms with van der Waals surface area (Å²) >= 11 is 0. The Hall–Kier alpha value is -3.79. The summed E-state index contributed by atoms with van der Waals surface area (Å²) in [6.45, 7) is 3.80. The average Bonchev–Trinajstić information content (AvgIpc) is 3.27. The quantitative estimate of drug-likeness (QED) is 0.439. The Morgan fingerprint density at radius 2 is 1.58 bits per heavy atom. The van der Waals surface area contributed by atoms with Gasteiger partial charge in [-0.1, -0.05) is 12.1 Å². The van der Waals surface area contributed by atoms with E-state index in [4.69, 9.17) is 18.6 Å². The molecule has 10 heteroatoms. The van der Waals surface area contributed by atoms with Gasteiger partial charge in [-0.3, -0.25) is 4.72 Å². The highest BCUT2D eigenvalue weighted by molar-refractivity contribution is 7.92. The van der Waals surface area contributed by atoms with Crippen molar-refractivity contribution in [3.05, 3.63) is 77.7 Å². The molecule has 0 radical (unpaired) electrons. The Bertz CT molecular complexity index is 1220. The molecule has 0 saturated heterocycles. The summed E-state index contributed by atoms with van der Waals surface area (Å²) in [5.41, 5.74) is 0.187. The fourth-order valence-electron chi connectivity index (χ4n) is 2.89. The molecule has 0 amide bonds. The Morgan fingerprint density at radius 3 is 2.27 bits per heavy atom. The van der Waals surface area contributed by atoms with Gasteiger partial charge in [-0.05, 0) is 56.3 Å². The monoisotopic (exact) mass is 473 g/mol. The van der Waals surface area contributed by atoms with Gasteiger partial charge in [0.2, 0.25) is 0 Å². The summed E-state index contributed by atoms with van der Waals surface area (Å²) in [6, 6.07) is 13.3. The van der Waals surface area contributed by atoms with Gasteiger partial charge in [0.25, 0.3) is 10.0 Å². The number of hydrogen-bond donors (Lipinski definition) is 1. The number of sulfonamides is 1. The molecule has 174 valence electrons.